The minimum atomic E-state index is -0.469. The van der Waals surface area contributed by atoms with Crippen molar-refractivity contribution in [3.63, 3.8) is 0 Å². The Bertz CT molecular complexity index is 595. The van der Waals surface area contributed by atoms with Crippen LogP contribution in [0, 0.1) is 0 Å². The van der Waals surface area contributed by atoms with Crippen molar-refractivity contribution < 1.29 is 19.0 Å². The third-order valence-electron chi connectivity index (χ3n) is 4.10. The average molecular weight is 380 g/mol. The summed E-state index contributed by atoms with van der Waals surface area (Å²) >= 11 is 0. The molecule has 0 unspecified atom stereocenters. The van der Waals surface area contributed by atoms with Crippen LogP contribution in [0.3, 0.4) is 0 Å². The Morgan fingerprint density at radius 2 is 2.00 bits per heavy atom. The van der Waals surface area contributed by atoms with Crippen molar-refractivity contribution in [2.45, 2.75) is 45.8 Å². The first kappa shape index (κ1) is 21.3. The number of alkyl carbamates (subject to hydrolysis) is 1. The molecular weight excluding hydrogens is 346 g/mol. The highest BCUT2D eigenvalue weighted by atomic mass is 16.6. The van der Waals surface area contributed by atoms with Gasteiger partial charge in [0, 0.05) is 43.2 Å². The molecule has 1 aromatic rings. The molecule has 1 aliphatic rings. The van der Waals surface area contributed by atoms with Gasteiger partial charge in [-0.05, 0) is 51.8 Å². The summed E-state index contributed by atoms with van der Waals surface area (Å²) in [5.74, 6) is 0. The first-order valence-electron chi connectivity index (χ1n) is 9.61. The standard InChI is InChI=1S/C20H33N3O4/c1-20(2,3)27-19(24)22-8-4-5-11-26-15-16-14-17(21)6-7-18(16)23-9-12-25-13-10-23/h6-7,14H,4-5,8-13,15,21H2,1-3H3,(H,22,24). The predicted octanol–water partition coefficient (Wildman–Crippen LogP) is 2.93. The van der Waals surface area contributed by atoms with Crippen molar-refractivity contribution in [1.29, 1.82) is 0 Å². The number of carbonyl (C=O) groups is 1. The topological polar surface area (TPSA) is 86.0 Å². The molecule has 1 aliphatic heterocycles. The van der Waals surface area contributed by atoms with E-state index in [0.717, 1.165) is 50.4 Å². The molecule has 0 radical (unpaired) electrons. The van der Waals surface area contributed by atoms with Crippen molar-refractivity contribution in [1.82, 2.24) is 5.32 Å². The van der Waals surface area contributed by atoms with Gasteiger partial charge >= 0.3 is 6.09 Å². The summed E-state index contributed by atoms with van der Waals surface area (Å²) in [4.78, 5) is 13.9. The predicted molar refractivity (Wildman–Crippen MR) is 107 cm³/mol. The lowest BCUT2D eigenvalue weighted by Crippen LogP contribution is -2.36. The lowest BCUT2D eigenvalue weighted by Gasteiger charge is -2.30. The fraction of sp³-hybridized carbons (Fsp3) is 0.650. The first-order valence-corrected chi connectivity index (χ1v) is 9.61. The van der Waals surface area contributed by atoms with Crippen molar-refractivity contribution in [3.05, 3.63) is 23.8 Å². The van der Waals surface area contributed by atoms with Gasteiger partial charge in [0.25, 0.3) is 0 Å². The largest absolute Gasteiger partial charge is 0.444 e. The molecule has 27 heavy (non-hydrogen) atoms. The Kier molecular flexibility index (Phi) is 8.19. The van der Waals surface area contributed by atoms with Crippen LogP contribution in [0.2, 0.25) is 0 Å². The smallest absolute Gasteiger partial charge is 0.407 e. The highest BCUT2D eigenvalue weighted by Gasteiger charge is 2.16. The van der Waals surface area contributed by atoms with Crippen molar-refractivity contribution in [2.24, 2.45) is 0 Å². The normalized spacial score (nSPS) is 14.9. The minimum Gasteiger partial charge on any atom is -0.444 e. The zero-order valence-corrected chi connectivity index (χ0v) is 16.8. The van der Waals surface area contributed by atoms with Crippen LogP contribution in [0.15, 0.2) is 18.2 Å². The molecule has 1 heterocycles. The molecule has 152 valence electrons. The van der Waals surface area contributed by atoms with E-state index in [1.54, 1.807) is 0 Å². The molecule has 0 aliphatic carbocycles. The number of nitrogens with two attached hydrogens (primary N) is 1. The van der Waals surface area contributed by atoms with E-state index < -0.39 is 5.60 Å². The van der Waals surface area contributed by atoms with E-state index in [0.29, 0.717) is 19.8 Å². The Hall–Kier alpha value is -1.99. The maximum absolute atomic E-state index is 11.6. The van der Waals surface area contributed by atoms with Crippen LogP contribution in [0.25, 0.3) is 0 Å². The number of unbranched alkanes of at least 4 members (excludes halogenated alkanes) is 1. The average Bonchev–Trinajstić information content (AvgIpc) is 2.60. The number of nitrogens with one attached hydrogen (secondary N) is 1. The number of hydrogen-bond acceptors (Lipinski definition) is 6. The van der Waals surface area contributed by atoms with E-state index in [1.807, 2.05) is 32.9 Å². The molecule has 0 saturated carbocycles. The Morgan fingerprint density at radius 1 is 1.26 bits per heavy atom. The summed E-state index contributed by atoms with van der Waals surface area (Å²) in [7, 11) is 0. The van der Waals surface area contributed by atoms with Crippen LogP contribution in [-0.2, 0) is 20.8 Å². The summed E-state index contributed by atoms with van der Waals surface area (Å²) in [6.45, 7) is 10.5. The van der Waals surface area contributed by atoms with Crippen LogP contribution < -0.4 is 16.0 Å². The van der Waals surface area contributed by atoms with Crippen molar-refractivity contribution in [2.75, 3.05) is 50.1 Å². The number of nitrogen functional groups attached to an aromatic ring is 1. The van der Waals surface area contributed by atoms with Crippen LogP contribution in [0.1, 0.15) is 39.2 Å². The van der Waals surface area contributed by atoms with Crippen molar-refractivity contribution in [3.8, 4) is 0 Å². The molecule has 0 aromatic heterocycles. The van der Waals surface area contributed by atoms with E-state index in [4.69, 9.17) is 19.9 Å². The van der Waals surface area contributed by atoms with Crippen LogP contribution in [-0.4, -0.2) is 51.1 Å². The van der Waals surface area contributed by atoms with Crippen LogP contribution in [0.5, 0.6) is 0 Å². The second-order valence-electron chi connectivity index (χ2n) is 7.68. The van der Waals surface area contributed by atoms with Gasteiger partial charge in [-0.3, -0.25) is 0 Å². The Labute approximate surface area is 162 Å². The van der Waals surface area contributed by atoms with Gasteiger partial charge in [-0.2, -0.15) is 0 Å². The Morgan fingerprint density at radius 3 is 2.70 bits per heavy atom. The maximum atomic E-state index is 11.6. The van der Waals surface area contributed by atoms with Gasteiger partial charge in [0.1, 0.15) is 5.60 Å². The summed E-state index contributed by atoms with van der Waals surface area (Å²) in [6, 6.07) is 5.97. The lowest BCUT2D eigenvalue weighted by molar-refractivity contribution is 0.0524. The summed E-state index contributed by atoms with van der Waals surface area (Å²) in [6.07, 6.45) is 1.33. The van der Waals surface area contributed by atoms with E-state index in [2.05, 4.69) is 16.3 Å². The molecule has 7 heteroatoms. The van der Waals surface area contributed by atoms with Gasteiger partial charge in [0.2, 0.25) is 0 Å². The summed E-state index contributed by atoms with van der Waals surface area (Å²) in [5, 5.41) is 2.76. The lowest BCUT2D eigenvalue weighted by atomic mass is 10.1. The number of anilines is 2. The molecule has 0 atom stereocenters. The summed E-state index contributed by atoms with van der Waals surface area (Å²) < 4.78 is 16.5. The number of ether oxygens (including phenoxy) is 3. The van der Waals surface area contributed by atoms with Crippen LogP contribution >= 0.6 is 0 Å². The SMILES string of the molecule is CC(C)(C)OC(=O)NCCCCOCc1cc(N)ccc1N1CCOCC1. The maximum Gasteiger partial charge on any atom is 0.407 e. The highest BCUT2D eigenvalue weighted by molar-refractivity contribution is 5.67. The van der Waals surface area contributed by atoms with Gasteiger partial charge in [0.15, 0.2) is 0 Å². The van der Waals surface area contributed by atoms with E-state index in [1.165, 1.54) is 5.69 Å². The molecule has 0 bridgehead atoms. The number of morpholine rings is 1. The zero-order chi connectivity index (χ0) is 19.7. The van der Waals surface area contributed by atoms with E-state index in [-0.39, 0.29) is 6.09 Å². The number of nitrogens with zero attached hydrogens (tertiary/aromatic N) is 1. The van der Waals surface area contributed by atoms with Crippen LogP contribution in [0.4, 0.5) is 16.2 Å². The molecule has 1 saturated heterocycles. The number of amides is 1. The second kappa shape index (κ2) is 10.4. The molecule has 0 spiro atoms. The highest BCUT2D eigenvalue weighted by Crippen LogP contribution is 2.25. The third-order valence-corrected chi connectivity index (χ3v) is 4.10. The first-order chi connectivity index (χ1) is 12.8. The zero-order valence-electron chi connectivity index (χ0n) is 16.8. The summed E-state index contributed by atoms with van der Waals surface area (Å²) in [5.41, 5.74) is 8.49. The Balaban J connectivity index is 1.68. The molecule has 1 fully saturated rings. The van der Waals surface area contributed by atoms with Gasteiger partial charge < -0.3 is 30.2 Å². The molecule has 7 nitrogen and oxygen atoms in total. The molecule has 3 N–H and O–H groups in total. The molecule has 1 aromatic carbocycles. The van der Waals surface area contributed by atoms with Gasteiger partial charge in [0.05, 0.1) is 19.8 Å². The number of benzene rings is 1. The van der Waals surface area contributed by atoms with Gasteiger partial charge in [-0.25, -0.2) is 4.79 Å². The molecular formula is C20H33N3O4. The van der Waals surface area contributed by atoms with Crippen molar-refractivity contribution >= 4 is 17.5 Å². The monoisotopic (exact) mass is 379 g/mol. The van der Waals surface area contributed by atoms with Gasteiger partial charge in [-0.1, -0.05) is 0 Å². The second-order valence-corrected chi connectivity index (χ2v) is 7.68. The number of rotatable bonds is 8. The fourth-order valence-electron chi connectivity index (χ4n) is 2.85. The van der Waals surface area contributed by atoms with E-state index in [9.17, 15) is 4.79 Å². The number of hydrogen-bond donors (Lipinski definition) is 2. The quantitative estimate of drug-likeness (QED) is 0.533. The van der Waals surface area contributed by atoms with Gasteiger partial charge in [-0.15, -0.1) is 0 Å². The minimum absolute atomic E-state index is 0.377. The third kappa shape index (κ3) is 8.05. The number of carbonyl (C=O) groups excluding carboxylic acids is 1. The molecule has 1 amide bonds. The molecule has 2 rings (SSSR count). The fourth-order valence-corrected chi connectivity index (χ4v) is 2.85. The van der Waals surface area contributed by atoms with E-state index >= 15 is 0 Å².